The molecular formula is C16H25N3O2S. The Labute approximate surface area is 136 Å². The lowest BCUT2D eigenvalue weighted by atomic mass is 9.45. The second-order valence-corrected chi connectivity index (χ2v) is 8.72. The van der Waals surface area contributed by atoms with Crippen molar-refractivity contribution in [2.45, 2.75) is 57.0 Å². The van der Waals surface area contributed by atoms with E-state index in [0.717, 1.165) is 11.6 Å². The van der Waals surface area contributed by atoms with Gasteiger partial charge >= 0.3 is 5.97 Å². The van der Waals surface area contributed by atoms with E-state index < -0.39 is 0 Å². The normalized spacial score (nSPS) is 33.9. The van der Waals surface area contributed by atoms with Crippen molar-refractivity contribution in [3.05, 3.63) is 6.33 Å². The largest absolute Gasteiger partial charge is 0.461 e. The van der Waals surface area contributed by atoms with Gasteiger partial charge in [-0.15, -0.1) is 10.2 Å². The van der Waals surface area contributed by atoms with E-state index in [0.29, 0.717) is 23.2 Å². The molecule has 2 bridgehead atoms. The average molecular weight is 323 g/mol. The molecule has 5 nitrogen and oxygen atoms in total. The number of carbonyl (C=O) groups excluding carboxylic acids is 1. The first-order chi connectivity index (χ1) is 10.3. The van der Waals surface area contributed by atoms with Gasteiger partial charge in [0.1, 0.15) is 17.7 Å². The first kappa shape index (κ1) is 15.8. The van der Waals surface area contributed by atoms with Gasteiger partial charge in [0.25, 0.3) is 0 Å². The summed E-state index contributed by atoms with van der Waals surface area (Å²) in [5, 5.41) is 8.32. The molecule has 0 unspecified atom stereocenters. The van der Waals surface area contributed by atoms with E-state index >= 15 is 0 Å². The van der Waals surface area contributed by atoms with Gasteiger partial charge in [0.05, 0.1) is 0 Å². The molecule has 3 saturated carbocycles. The smallest absolute Gasteiger partial charge is 0.319 e. The highest BCUT2D eigenvalue weighted by atomic mass is 32.2. The van der Waals surface area contributed by atoms with Crippen LogP contribution in [0.1, 0.15) is 40.5 Å². The number of fused-ring (bicyclic) bond motifs is 2. The molecule has 122 valence electrons. The Morgan fingerprint density at radius 1 is 1.50 bits per heavy atom. The molecule has 1 aromatic rings. The third kappa shape index (κ3) is 2.55. The van der Waals surface area contributed by atoms with Crippen LogP contribution in [0.3, 0.4) is 0 Å². The number of nitrogens with zero attached hydrogens (tertiary/aromatic N) is 3. The molecule has 22 heavy (non-hydrogen) atoms. The van der Waals surface area contributed by atoms with E-state index in [2.05, 4.69) is 31.0 Å². The summed E-state index contributed by atoms with van der Waals surface area (Å²) in [7, 11) is 1.87. The van der Waals surface area contributed by atoms with Crippen molar-refractivity contribution in [2.75, 3.05) is 0 Å². The Bertz CT molecular complexity index is 571. The minimum Gasteiger partial charge on any atom is -0.461 e. The Morgan fingerprint density at radius 2 is 2.23 bits per heavy atom. The highest BCUT2D eigenvalue weighted by Crippen LogP contribution is 2.61. The summed E-state index contributed by atoms with van der Waals surface area (Å²) in [6.45, 7) is 8.82. The fourth-order valence-corrected chi connectivity index (χ4v) is 4.86. The van der Waals surface area contributed by atoms with Crippen molar-refractivity contribution in [3.8, 4) is 0 Å². The van der Waals surface area contributed by atoms with Gasteiger partial charge in [-0.1, -0.05) is 32.5 Å². The van der Waals surface area contributed by atoms with E-state index in [1.54, 1.807) is 6.33 Å². The lowest BCUT2D eigenvalue weighted by molar-refractivity contribution is -0.185. The van der Waals surface area contributed by atoms with Crippen LogP contribution >= 0.6 is 11.8 Å². The third-order valence-corrected chi connectivity index (χ3v) is 6.96. The molecule has 0 aromatic carbocycles. The van der Waals surface area contributed by atoms with E-state index in [1.165, 1.54) is 18.2 Å². The van der Waals surface area contributed by atoms with Gasteiger partial charge in [-0.3, -0.25) is 4.79 Å². The Kier molecular flexibility index (Phi) is 4.00. The quantitative estimate of drug-likeness (QED) is 0.630. The molecule has 3 aliphatic rings. The lowest BCUT2D eigenvalue weighted by Crippen LogP contribution is -2.57. The standard InChI is InChI=1S/C16H25N3O2S/c1-9-12-6-11(16(12,3)4)7-13(9)21-14(20)10(2)22-15-18-17-8-19(15)5/h8-13H,6-7H2,1-5H3/t9-,10+,11-,12+,13+/m1/s1. The predicted molar refractivity (Wildman–Crippen MR) is 85.4 cm³/mol. The molecule has 1 heterocycles. The van der Waals surface area contributed by atoms with Gasteiger partial charge in [0.2, 0.25) is 0 Å². The summed E-state index contributed by atoms with van der Waals surface area (Å²) in [5.41, 5.74) is 0.418. The van der Waals surface area contributed by atoms with E-state index in [4.69, 9.17) is 4.74 Å². The van der Waals surface area contributed by atoms with Crippen molar-refractivity contribution in [2.24, 2.45) is 30.2 Å². The van der Waals surface area contributed by atoms with Gasteiger partial charge in [0, 0.05) is 7.05 Å². The number of carbonyl (C=O) groups is 1. The number of esters is 1. The maximum atomic E-state index is 12.4. The first-order valence-corrected chi connectivity index (χ1v) is 8.89. The van der Waals surface area contributed by atoms with Crippen molar-refractivity contribution in [3.63, 3.8) is 0 Å². The second kappa shape index (κ2) is 5.55. The topological polar surface area (TPSA) is 57.0 Å². The molecule has 3 aliphatic carbocycles. The van der Waals surface area contributed by atoms with E-state index in [1.807, 2.05) is 18.5 Å². The highest BCUT2D eigenvalue weighted by Gasteiger charge is 2.57. The highest BCUT2D eigenvalue weighted by molar-refractivity contribution is 8.00. The Morgan fingerprint density at radius 3 is 2.77 bits per heavy atom. The fourth-order valence-electron chi connectivity index (χ4n) is 4.09. The monoisotopic (exact) mass is 323 g/mol. The number of aromatic nitrogens is 3. The maximum Gasteiger partial charge on any atom is 0.319 e. The van der Waals surface area contributed by atoms with Crippen LogP contribution in [0.2, 0.25) is 0 Å². The van der Waals surface area contributed by atoms with Crippen molar-refractivity contribution >= 4 is 17.7 Å². The molecular weight excluding hydrogens is 298 g/mol. The van der Waals surface area contributed by atoms with Crippen LogP contribution in [-0.2, 0) is 16.6 Å². The van der Waals surface area contributed by atoms with Crippen molar-refractivity contribution < 1.29 is 9.53 Å². The molecule has 0 N–H and O–H groups in total. The zero-order valence-corrected chi connectivity index (χ0v) is 14.8. The number of ether oxygens (including phenoxy) is 1. The van der Waals surface area contributed by atoms with Crippen LogP contribution in [0.5, 0.6) is 0 Å². The maximum absolute atomic E-state index is 12.4. The van der Waals surface area contributed by atoms with Gasteiger partial charge in [0.15, 0.2) is 5.16 Å². The SMILES string of the molecule is C[C@H]1[C@@H](OC(=O)[C@H](C)Sc2nncn2C)C[C@H]2C[C@@H]1C2(C)C. The molecule has 6 heteroatoms. The second-order valence-electron chi connectivity index (χ2n) is 7.42. The minimum atomic E-state index is -0.263. The van der Waals surface area contributed by atoms with Crippen molar-refractivity contribution in [1.82, 2.24) is 14.8 Å². The number of aryl methyl sites for hydroxylation is 1. The summed E-state index contributed by atoms with van der Waals surface area (Å²) < 4.78 is 7.65. The van der Waals surface area contributed by atoms with Crippen LogP contribution in [0.15, 0.2) is 11.5 Å². The van der Waals surface area contributed by atoms with E-state index in [-0.39, 0.29) is 17.3 Å². The molecule has 0 spiro atoms. The predicted octanol–water partition coefficient (Wildman–Crippen LogP) is 2.91. The van der Waals surface area contributed by atoms with Gasteiger partial charge in [-0.2, -0.15) is 0 Å². The van der Waals surface area contributed by atoms with Crippen LogP contribution < -0.4 is 0 Å². The summed E-state index contributed by atoms with van der Waals surface area (Å²) in [6.07, 6.45) is 4.02. The first-order valence-electron chi connectivity index (χ1n) is 8.01. The molecule has 0 saturated heterocycles. The Balaban J connectivity index is 1.57. The van der Waals surface area contributed by atoms with Gasteiger partial charge in [-0.05, 0) is 42.9 Å². The number of thioether (sulfide) groups is 1. The molecule has 3 fully saturated rings. The number of hydrogen-bond donors (Lipinski definition) is 0. The molecule has 0 radical (unpaired) electrons. The molecule has 4 rings (SSSR count). The molecule has 5 atom stereocenters. The van der Waals surface area contributed by atoms with Crippen molar-refractivity contribution in [1.29, 1.82) is 0 Å². The fraction of sp³-hybridized carbons (Fsp3) is 0.812. The van der Waals surface area contributed by atoms with Gasteiger partial charge < -0.3 is 9.30 Å². The molecule has 0 aliphatic heterocycles. The van der Waals surface area contributed by atoms with E-state index in [9.17, 15) is 4.79 Å². The number of rotatable bonds is 4. The number of hydrogen-bond acceptors (Lipinski definition) is 5. The average Bonchev–Trinajstić information content (AvgIpc) is 2.85. The zero-order valence-electron chi connectivity index (χ0n) is 13.9. The zero-order chi connectivity index (χ0) is 16.1. The molecule has 1 aromatic heterocycles. The minimum absolute atomic E-state index is 0.0758. The summed E-state index contributed by atoms with van der Waals surface area (Å²) in [4.78, 5) is 12.4. The van der Waals surface area contributed by atoms with Crippen LogP contribution in [0.4, 0.5) is 0 Å². The van der Waals surface area contributed by atoms with Gasteiger partial charge in [-0.25, -0.2) is 0 Å². The summed E-state index contributed by atoms with van der Waals surface area (Å²) in [6, 6.07) is 0. The Hall–Kier alpha value is -1.04. The lowest BCUT2D eigenvalue weighted by Gasteiger charge is -2.61. The third-order valence-electron chi connectivity index (χ3n) is 5.84. The van der Waals surface area contributed by atoms with Crippen LogP contribution in [0.25, 0.3) is 0 Å². The summed E-state index contributed by atoms with van der Waals surface area (Å²) >= 11 is 1.40. The van der Waals surface area contributed by atoms with Crippen LogP contribution in [-0.4, -0.2) is 32.1 Å². The van der Waals surface area contributed by atoms with Crippen LogP contribution in [0, 0.1) is 23.2 Å². The summed E-state index contributed by atoms with van der Waals surface area (Å²) in [5.74, 6) is 1.71. The molecule has 0 amide bonds.